The molecule has 0 aromatic heterocycles. The fourth-order valence-corrected chi connectivity index (χ4v) is 2.33. The molecule has 0 amide bonds. The lowest BCUT2D eigenvalue weighted by atomic mass is 10.1. The van der Waals surface area contributed by atoms with Gasteiger partial charge in [-0.3, -0.25) is 0 Å². The first-order chi connectivity index (χ1) is 9.14. The van der Waals surface area contributed by atoms with Gasteiger partial charge in [-0.15, -0.1) is 0 Å². The molecule has 4 nitrogen and oxygen atoms in total. The van der Waals surface area contributed by atoms with E-state index in [1.54, 1.807) is 0 Å². The van der Waals surface area contributed by atoms with E-state index in [4.69, 9.17) is 0 Å². The molecular formula is C12H17F3N2O2S. The van der Waals surface area contributed by atoms with Gasteiger partial charge in [0.1, 0.15) is 0 Å². The number of alkyl halides is 3. The van der Waals surface area contributed by atoms with Crippen molar-refractivity contribution in [1.82, 2.24) is 9.62 Å². The standard InChI is InChI=1S/C12H17F3N2O2S/c1-17(2)20(18,19)8-7-16-9-10-5-3-4-6-11(10)12(13,14)15/h3-6,16H,7-9H2,1-2H3. The summed E-state index contributed by atoms with van der Waals surface area (Å²) in [4.78, 5) is 0. The van der Waals surface area contributed by atoms with E-state index in [9.17, 15) is 21.6 Å². The third kappa shape index (κ3) is 4.77. The summed E-state index contributed by atoms with van der Waals surface area (Å²) >= 11 is 0. The second kappa shape index (κ2) is 6.55. The highest BCUT2D eigenvalue weighted by molar-refractivity contribution is 7.89. The summed E-state index contributed by atoms with van der Waals surface area (Å²) in [7, 11) is -0.521. The van der Waals surface area contributed by atoms with Crippen LogP contribution in [0.1, 0.15) is 11.1 Å². The average Bonchev–Trinajstić information content (AvgIpc) is 2.34. The van der Waals surface area contributed by atoms with Crippen LogP contribution in [0.3, 0.4) is 0 Å². The van der Waals surface area contributed by atoms with Crippen molar-refractivity contribution in [2.45, 2.75) is 12.7 Å². The maximum Gasteiger partial charge on any atom is 0.416 e. The van der Waals surface area contributed by atoms with Crippen LogP contribution in [0.2, 0.25) is 0 Å². The Morgan fingerprint density at radius 3 is 2.35 bits per heavy atom. The van der Waals surface area contributed by atoms with Crippen LogP contribution in [0.25, 0.3) is 0 Å². The molecule has 1 aromatic rings. The van der Waals surface area contributed by atoms with Gasteiger partial charge in [-0.1, -0.05) is 18.2 Å². The van der Waals surface area contributed by atoms with Gasteiger partial charge in [0.05, 0.1) is 11.3 Å². The Balaban J connectivity index is 2.60. The van der Waals surface area contributed by atoms with E-state index < -0.39 is 21.8 Å². The topological polar surface area (TPSA) is 49.4 Å². The normalized spacial score (nSPS) is 12.9. The monoisotopic (exact) mass is 310 g/mol. The van der Waals surface area contributed by atoms with Crippen molar-refractivity contribution in [2.75, 3.05) is 26.4 Å². The van der Waals surface area contributed by atoms with Gasteiger partial charge < -0.3 is 5.32 Å². The van der Waals surface area contributed by atoms with E-state index in [1.165, 1.54) is 32.3 Å². The second-order valence-electron chi connectivity index (χ2n) is 4.43. The third-order valence-corrected chi connectivity index (χ3v) is 4.56. The molecule has 114 valence electrons. The molecule has 8 heteroatoms. The summed E-state index contributed by atoms with van der Waals surface area (Å²) in [6.45, 7) is 0.0608. The molecule has 1 rings (SSSR count). The molecule has 1 N–H and O–H groups in total. The number of rotatable bonds is 6. The van der Waals surface area contributed by atoms with Gasteiger partial charge in [-0.25, -0.2) is 12.7 Å². The molecule has 0 spiro atoms. The number of hydrogen-bond donors (Lipinski definition) is 1. The van der Waals surface area contributed by atoms with E-state index in [0.29, 0.717) is 0 Å². The van der Waals surface area contributed by atoms with E-state index >= 15 is 0 Å². The van der Waals surface area contributed by atoms with Crippen LogP contribution in [-0.4, -0.2) is 39.1 Å². The molecule has 0 saturated heterocycles. The van der Waals surface area contributed by atoms with Crippen LogP contribution in [0.5, 0.6) is 0 Å². The molecule has 1 aromatic carbocycles. The van der Waals surface area contributed by atoms with Crippen molar-refractivity contribution in [3.8, 4) is 0 Å². The van der Waals surface area contributed by atoms with Gasteiger partial charge in [0, 0.05) is 27.2 Å². The fourth-order valence-electron chi connectivity index (χ4n) is 1.56. The Hall–Kier alpha value is -1.12. The molecule has 0 bridgehead atoms. The van der Waals surface area contributed by atoms with Crippen LogP contribution in [-0.2, 0) is 22.7 Å². The van der Waals surface area contributed by atoms with Crippen molar-refractivity contribution in [3.05, 3.63) is 35.4 Å². The molecule has 20 heavy (non-hydrogen) atoms. The van der Waals surface area contributed by atoms with Gasteiger partial charge in [0.2, 0.25) is 10.0 Å². The van der Waals surface area contributed by atoms with Gasteiger partial charge in [-0.05, 0) is 11.6 Å². The first-order valence-electron chi connectivity index (χ1n) is 5.90. The van der Waals surface area contributed by atoms with Crippen LogP contribution in [0, 0.1) is 0 Å². The smallest absolute Gasteiger partial charge is 0.312 e. The van der Waals surface area contributed by atoms with Crippen LogP contribution in [0.4, 0.5) is 13.2 Å². The molecule has 0 unspecified atom stereocenters. The lowest BCUT2D eigenvalue weighted by Crippen LogP contribution is -2.31. The van der Waals surface area contributed by atoms with E-state index in [1.807, 2.05) is 0 Å². The zero-order valence-electron chi connectivity index (χ0n) is 11.2. The van der Waals surface area contributed by atoms with Gasteiger partial charge in [-0.2, -0.15) is 13.2 Å². The minimum atomic E-state index is -4.41. The van der Waals surface area contributed by atoms with Crippen molar-refractivity contribution >= 4 is 10.0 Å². The molecule has 0 aliphatic rings. The maximum absolute atomic E-state index is 12.7. The van der Waals surface area contributed by atoms with E-state index in [0.717, 1.165) is 10.4 Å². The zero-order chi connectivity index (χ0) is 15.4. The summed E-state index contributed by atoms with van der Waals surface area (Å²) in [5.41, 5.74) is -0.606. The zero-order valence-corrected chi connectivity index (χ0v) is 12.1. The number of nitrogens with one attached hydrogen (secondary N) is 1. The van der Waals surface area contributed by atoms with Crippen molar-refractivity contribution in [2.24, 2.45) is 0 Å². The first kappa shape index (κ1) is 16.9. The largest absolute Gasteiger partial charge is 0.416 e. The summed E-state index contributed by atoms with van der Waals surface area (Å²) < 4.78 is 62.2. The van der Waals surface area contributed by atoms with Crippen molar-refractivity contribution in [3.63, 3.8) is 0 Å². The van der Waals surface area contributed by atoms with E-state index in [-0.39, 0.29) is 24.4 Å². The number of hydrogen-bond acceptors (Lipinski definition) is 3. The molecular weight excluding hydrogens is 293 g/mol. The SMILES string of the molecule is CN(C)S(=O)(=O)CCNCc1ccccc1C(F)(F)F. The molecule has 0 atom stereocenters. The number of sulfonamides is 1. The number of nitrogens with zero attached hydrogens (tertiary/aromatic N) is 1. The van der Waals surface area contributed by atoms with Crippen molar-refractivity contribution in [1.29, 1.82) is 0 Å². The molecule has 0 radical (unpaired) electrons. The van der Waals surface area contributed by atoms with Crippen LogP contribution < -0.4 is 5.32 Å². The average molecular weight is 310 g/mol. The summed E-state index contributed by atoms with van der Waals surface area (Å²) in [5.74, 6) is -0.159. The Morgan fingerprint density at radius 1 is 1.20 bits per heavy atom. The minimum Gasteiger partial charge on any atom is -0.312 e. The fraction of sp³-hybridized carbons (Fsp3) is 0.500. The maximum atomic E-state index is 12.7. The third-order valence-electron chi connectivity index (χ3n) is 2.73. The van der Waals surface area contributed by atoms with Crippen molar-refractivity contribution < 1.29 is 21.6 Å². The van der Waals surface area contributed by atoms with E-state index in [2.05, 4.69) is 5.32 Å². The summed E-state index contributed by atoms with van der Waals surface area (Å²) in [6.07, 6.45) is -4.41. The number of halogens is 3. The highest BCUT2D eigenvalue weighted by Gasteiger charge is 2.32. The lowest BCUT2D eigenvalue weighted by Gasteiger charge is -2.14. The van der Waals surface area contributed by atoms with Crippen LogP contribution >= 0.6 is 0 Å². The first-order valence-corrected chi connectivity index (χ1v) is 7.51. The lowest BCUT2D eigenvalue weighted by molar-refractivity contribution is -0.138. The van der Waals surface area contributed by atoms with Gasteiger partial charge >= 0.3 is 6.18 Å². The molecule has 0 saturated carbocycles. The molecule has 0 fully saturated rings. The van der Waals surface area contributed by atoms with Gasteiger partial charge in [0.25, 0.3) is 0 Å². The Labute approximate surface area is 116 Å². The quantitative estimate of drug-likeness (QED) is 0.814. The Bertz CT molecular complexity index is 542. The Kier molecular flexibility index (Phi) is 5.55. The predicted molar refractivity (Wildman–Crippen MR) is 70.6 cm³/mol. The van der Waals surface area contributed by atoms with Gasteiger partial charge in [0.15, 0.2) is 0 Å². The molecule has 0 heterocycles. The Morgan fingerprint density at radius 2 is 1.80 bits per heavy atom. The molecule has 0 aliphatic carbocycles. The number of benzene rings is 1. The van der Waals surface area contributed by atoms with Crippen LogP contribution in [0.15, 0.2) is 24.3 Å². The highest BCUT2D eigenvalue weighted by Crippen LogP contribution is 2.31. The summed E-state index contributed by atoms with van der Waals surface area (Å²) in [5, 5.41) is 2.72. The minimum absolute atomic E-state index is 0.0291. The summed E-state index contributed by atoms with van der Waals surface area (Å²) in [6, 6.07) is 5.22. The highest BCUT2D eigenvalue weighted by atomic mass is 32.2. The molecule has 0 aliphatic heterocycles. The second-order valence-corrected chi connectivity index (χ2v) is 6.73. The predicted octanol–water partition coefficient (Wildman–Crippen LogP) is 1.69.